The number of ketones is 1. The molecule has 0 spiro atoms. The lowest BCUT2D eigenvalue weighted by atomic mass is 9.46. The molecule has 0 amide bonds. The van der Waals surface area contributed by atoms with Gasteiger partial charge in [0.15, 0.2) is 0 Å². The minimum Gasteiger partial charge on any atom is -0.395 e. The third-order valence-corrected chi connectivity index (χ3v) is 8.68. The van der Waals surface area contributed by atoms with Crippen molar-refractivity contribution in [2.24, 2.45) is 45.4 Å². The Bertz CT molecular complexity index is 580. The van der Waals surface area contributed by atoms with Crippen molar-refractivity contribution in [2.45, 2.75) is 84.7 Å². The standard InChI is InChI=1S/C23H40N2O3/c1-4-16(9-13-25-28-14-12-24)23(3)11-8-20-19(21(23)27)6-5-17-15-18(26)7-10-22(17,20)2/h13,16-20,26H,4-12,14-15,24H2,1-3H3/b25-13+/t16-,17-,18-,19+,20-,22-,23+/m0/s1. The number of aliphatic hydroxyl groups excluding tert-OH is 1. The molecule has 0 bridgehead atoms. The second-order valence-electron chi connectivity index (χ2n) is 9.99. The molecule has 5 nitrogen and oxygen atoms in total. The van der Waals surface area contributed by atoms with Crippen molar-refractivity contribution in [1.82, 2.24) is 0 Å². The van der Waals surface area contributed by atoms with E-state index in [1.165, 1.54) is 0 Å². The fraction of sp³-hybridized carbons (Fsp3) is 0.913. The number of carbonyl (C=O) groups excluding carboxylic acids is 1. The molecule has 3 saturated carbocycles. The number of Topliss-reactive ketones (excluding diaryl/α,β-unsaturated/α-hetero) is 1. The van der Waals surface area contributed by atoms with Crippen LogP contribution in [-0.4, -0.2) is 36.4 Å². The van der Waals surface area contributed by atoms with Crippen molar-refractivity contribution < 1.29 is 14.7 Å². The molecule has 0 radical (unpaired) electrons. The molecule has 3 aliphatic carbocycles. The highest BCUT2D eigenvalue weighted by Crippen LogP contribution is 2.61. The minimum absolute atomic E-state index is 0.135. The Hall–Kier alpha value is -0.940. The maximum absolute atomic E-state index is 13.8. The van der Waals surface area contributed by atoms with E-state index in [-0.39, 0.29) is 22.9 Å². The maximum Gasteiger partial charge on any atom is 0.142 e. The predicted molar refractivity (Wildman–Crippen MR) is 112 cm³/mol. The summed E-state index contributed by atoms with van der Waals surface area (Å²) in [5.74, 6) is 2.10. The van der Waals surface area contributed by atoms with Crippen molar-refractivity contribution in [1.29, 1.82) is 0 Å². The number of fused-ring (bicyclic) bond motifs is 3. The summed E-state index contributed by atoms with van der Waals surface area (Å²) in [5, 5.41) is 14.2. The van der Waals surface area contributed by atoms with Gasteiger partial charge in [-0.15, -0.1) is 0 Å². The van der Waals surface area contributed by atoms with E-state index in [2.05, 4.69) is 25.9 Å². The molecular weight excluding hydrogens is 352 g/mol. The van der Waals surface area contributed by atoms with Crippen LogP contribution in [0.4, 0.5) is 0 Å². The molecule has 0 heterocycles. The van der Waals surface area contributed by atoms with E-state index in [1.807, 2.05) is 6.21 Å². The molecule has 5 heteroatoms. The van der Waals surface area contributed by atoms with Gasteiger partial charge in [-0.1, -0.05) is 32.3 Å². The van der Waals surface area contributed by atoms with Crippen LogP contribution >= 0.6 is 0 Å². The number of rotatable bonds is 7. The fourth-order valence-corrected chi connectivity index (χ4v) is 6.83. The summed E-state index contributed by atoms with van der Waals surface area (Å²) in [5.41, 5.74) is 5.40. The van der Waals surface area contributed by atoms with Crippen LogP contribution in [0.1, 0.15) is 78.6 Å². The number of nitrogens with two attached hydrogens (primary N) is 1. The molecule has 3 fully saturated rings. The van der Waals surface area contributed by atoms with Gasteiger partial charge in [0, 0.05) is 24.1 Å². The van der Waals surface area contributed by atoms with Crippen LogP contribution in [0.25, 0.3) is 0 Å². The van der Waals surface area contributed by atoms with Gasteiger partial charge in [0.1, 0.15) is 12.4 Å². The van der Waals surface area contributed by atoms with E-state index in [4.69, 9.17) is 10.6 Å². The average molecular weight is 393 g/mol. The van der Waals surface area contributed by atoms with Gasteiger partial charge in [-0.3, -0.25) is 4.79 Å². The van der Waals surface area contributed by atoms with Crippen LogP contribution < -0.4 is 5.73 Å². The van der Waals surface area contributed by atoms with Crippen molar-refractivity contribution in [3.63, 3.8) is 0 Å². The van der Waals surface area contributed by atoms with Gasteiger partial charge in [0.2, 0.25) is 0 Å². The van der Waals surface area contributed by atoms with Crippen LogP contribution in [-0.2, 0) is 9.63 Å². The van der Waals surface area contributed by atoms with Gasteiger partial charge in [-0.25, -0.2) is 0 Å². The third-order valence-electron chi connectivity index (χ3n) is 8.68. The molecule has 3 rings (SSSR count). The summed E-state index contributed by atoms with van der Waals surface area (Å²) in [4.78, 5) is 18.9. The Morgan fingerprint density at radius 2 is 2.07 bits per heavy atom. The second kappa shape index (κ2) is 8.83. The number of aliphatic hydroxyl groups is 1. The van der Waals surface area contributed by atoms with Crippen LogP contribution in [0, 0.1) is 34.5 Å². The number of hydrogen-bond acceptors (Lipinski definition) is 5. The number of hydrogen-bond donors (Lipinski definition) is 2. The van der Waals surface area contributed by atoms with Gasteiger partial charge in [-0.2, -0.15) is 0 Å². The van der Waals surface area contributed by atoms with Crippen LogP contribution in [0.2, 0.25) is 0 Å². The summed E-state index contributed by atoms with van der Waals surface area (Å²) in [7, 11) is 0. The molecule has 0 aromatic carbocycles. The molecule has 3 N–H and O–H groups in total. The summed E-state index contributed by atoms with van der Waals surface area (Å²) in [6, 6.07) is 0. The maximum atomic E-state index is 13.8. The summed E-state index contributed by atoms with van der Waals surface area (Å²) >= 11 is 0. The summed E-state index contributed by atoms with van der Waals surface area (Å²) in [6.45, 7) is 7.69. The molecule has 0 aliphatic heterocycles. The van der Waals surface area contributed by atoms with Crippen molar-refractivity contribution >= 4 is 12.0 Å². The van der Waals surface area contributed by atoms with Crippen molar-refractivity contribution in [3.8, 4) is 0 Å². The first-order chi connectivity index (χ1) is 13.4. The van der Waals surface area contributed by atoms with Gasteiger partial charge < -0.3 is 15.7 Å². The van der Waals surface area contributed by atoms with Gasteiger partial charge in [0.05, 0.1) is 6.10 Å². The van der Waals surface area contributed by atoms with Crippen LogP contribution in [0.5, 0.6) is 0 Å². The van der Waals surface area contributed by atoms with Crippen molar-refractivity contribution in [2.75, 3.05) is 13.2 Å². The molecule has 160 valence electrons. The first-order valence-electron chi connectivity index (χ1n) is 11.4. The number of nitrogens with zero attached hydrogens (tertiary/aromatic N) is 1. The molecular formula is C23H40N2O3. The highest BCUT2D eigenvalue weighted by Gasteiger charge is 2.57. The molecule has 0 unspecified atom stereocenters. The summed E-state index contributed by atoms with van der Waals surface area (Å²) < 4.78 is 0. The van der Waals surface area contributed by atoms with E-state index in [9.17, 15) is 9.90 Å². The zero-order valence-electron chi connectivity index (χ0n) is 18.0. The molecule has 7 atom stereocenters. The SMILES string of the molecule is CC[C@@H](C/C=N/OCCN)[C@@]1(C)CC[C@H]2[C@@H](CC[C@H]3C[C@@H](O)CC[C@@]32C)C1=O. The fourth-order valence-electron chi connectivity index (χ4n) is 6.83. The average Bonchev–Trinajstić information content (AvgIpc) is 2.68. The zero-order valence-corrected chi connectivity index (χ0v) is 18.0. The van der Waals surface area contributed by atoms with E-state index < -0.39 is 0 Å². The lowest BCUT2D eigenvalue weighted by Crippen LogP contribution is -2.56. The normalized spacial score (nSPS) is 42.1. The Morgan fingerprint density at radius 3 is 2.79 bits per heavy atom. The van der Waals surface area contributed by atoms with Crippen LogP contribution in [0.3, 0.4) is 0 Å². The Morgan fingerprint density at radius 1 is 1.29 bits per heavy atom. The Labute approximate surface area is 170 Å². The topological polar surface area (TPSA) is 84.9 Å². The highest BCUT2D eigenvalue weighted by molar-refractivity contribution is 5.88. The van der Waals surface area contributed by atoms with E-state index in [1.54, 1.807) is 0 Å². The second-order valence-corrected chi connectivity index (χ2v) is 9.99. The minimum atomic E-state index is -0.257. The van der Waals surface area contributed by atoms with Gasteiger partial charge in [0.25, 0.3) is 0 Å². The number of oxime groups is 1. The lowest BCUT2D eigenvalue weighted by molar-refractivity contribution is -0.157. The molecule has 0 aromatic rings. The van der Waals surface area contributed by atoms with E-state index in [0.29, 0.717) is 36.7 Å². The van der Waals surface area contributed by atoms with Crippen molar-refractivity contribution in [3.05, 3.63) is 0 Å². The first kappa shape index (κ1) is 21.8. The smallest absolute Gasteiger partial charge is 0.142 e. The van der Waals surface area contributed by atoms with Crippen LogP contribution in [0.15, 0.2) is 5.16 Å². The molecule has 3 aliphatic rings. The third kappa shape index (κ3) is 3.89. The summed E-state index contributed by atoms with van der Waals surface area (Å²) in [6.07, 6.45) is 10.6. The number of carbonyl (C=O) groups is 1. The lowest BCUT2D eigenvalue weighted by Gasteiger charge is -2.58. The van der Waals surface area contributed by atoms with Gasteiger partial charge in [-0.05, 0) is 74.5 Å². The van der Waals surface area contributed by atoms with E-state index in [0.717, 1.165) is 57.8 Å². The monoisotopic (exact) mass is 392 g/mol. The predicted octanol–water partition coefficient (Wildman–Crippen LogP) is 3.93. The zero-order chi connectivity index (χ0) is 20.4. The largest absolute Gasteiger partial charge is 0.395 e. The van der Waals surface area contributed by atoms with Gasteiger partial charge >= 0.3 is 0 Å². The van der Waals surface area contributed by atoms with E-state index >= 15 is 0 Å². The first-order valence-corrected chi connectivity index (χ1v) is 11.4. The highest BCUT2D eigenvalue weighted by atomic mass is 16.6. The molecule has 0 aromatic heterocycles. The molecule has 0 saturated heterocycles. The Balaban J connectivity index is 1.72. The quantitative estimate of drug-likeness (QED) is 0.391. The Kier molecular flexibility index (Phi) is 6.86. The molecule has 28 heavy (non-hydrogen) atoms.